The smallest absolute Gasteiger partial charge is 0.0447 e. The van der Waals surface area contributed by atoms with Crippen molar-refractivity contribution >= 4 is 23.0 Å². The van der Waals surface area contributed by atoms with E-state index in [-0.39, 0.29) is 5.92 Å². The van der Waals surface area contributed by atoms with Crippen molar-refractivity contribution < 1.29 is 0 Å². The summed E-state index contributed by atoms with van der Waals surface area (Å²) in [5.74, 6) is 0.108. The second kappa shape index (κ2) is 7.84. The number of anilines is 2. The normalized spacial score (nSPS) is 10.8. The average molecular weight is 365 g/mol. The highest BCUT2D eigenvalue weighted by atomic mass is 35.5. The van der Waals surface area contributed by atoms with Gasteiger partial charge >= 0.3 is 0 Å². The van der Waals surface area contributed by atoms with Crippen molar-refractivity contribution in [2.45, 2.75) is 5.92 Å². The van der Waals surface area contributed by atoms with E-state index in [1.54, 1.807) is 0 Å². The minimum atomic E-state index is 0.108. The Balaban J connectivity index is 2.09. The fourth-order valence-corrected chi connectivity index (χ4v) is 3.44. The van der Waals surface area contributed by atoms with Gasteiger partial charge in [0.1, 0.15) is 0 Å². The number of benzene rings is 3. The van der Waals surface area contributed by atoms with Gasteiger partial charge in [0.2, 0.25) is 0 Å². The zero-order valence-corrected chi connectivity index (χ0v) is 16.5. The second-order valence-corrected chi connectivity index (χ2v) is 7.33. The summed E-state index contributed by atoms with van der Waals surface area (Å²) in [6.07, 6.45) is 0. The Morgan fingerprint density at radius 1 is 0.615 bits per heavy atom. The molecule has 0 aliphatic heterocycles. The lowest BCUT2D eigenvalue weighted by atomic mass is 9.85. The van der Waals surface area contributed by atoms with E-state index < -0.39 is 0 Å². The van der Waals surface area contributed by atoms with E-state index in [0.717, 1.165) is 10.6 Å². The summed E-state index contributed by atoms with van der Waals surface area (Å²) in [4.78, 5) is 4.22. The van der Waals surface area contributed by atoms with Gasteiger partial charge in [-0.1, -0.05) is 54.1 Å². The van der Waals surface area contributed by atoms with Crippen LogP contribution in [0.3, 0.4) is 0 Å². The molecule has 0 bridgehead atoms. The summed E-state index contributed by atoms with van der Waals surface area (Å²) in [7, 11) is 8.22. The molecular formula is C23H25ClN2. The minimum absolute atomic E-state index is 0.108. The topological polar surface area (TPSA) is 6.48 Å². The van der Waals surface area contributed by atoms with Crippen molar-refractivity contribution in [3.05, 3.63) is 94.5 Å². The van der Waals surface area contributed by atoms with Crippen LogP contribution in [0, 0.1) is 0 Å². The third-order valence-corrected chi connectivity index (χ3v) is 5.05. The molecule has 0 unspecified atom stereocenters. The summed E-state index contributed by atoms with van der Waals surface area (Å²) in [6, 6.07) is 25.5. The highest BCUT2D eigenvalue weighted by molar-refractivity contribution is 6.31. The molecule has 3 heteroatoms. The van der Waals surface area contributed by atoms with Gasteiger partial charge in [0.25, 0.3) is 0 Å². The molecule has 0 fully saturated rings. The van der Waals surface area contributed by atoms with Crippen LogP contribution in [0.25, 0.3) is 0 Å². The van der Waals surface area contributed by atoms with E-state index in [1.165, 1.54) is 22.5 Å². The molecule has 0 saturated heterocycles. The number of nitrogens with zero attached hydrogens (tertiary/aromatic N) is 2. The maximum Gasteiger partial charge on any atom is 0.0447 e. The lowest BCUT2D eigenvalue weighted by Crippen LogP contribution is -2.10. The molecule has 134 valence electrons. The molecule has 0 saturated carbocycles. The highest BCUT2D eigenvalue weighted by Gasteiger charge is 2.19. The van der Waals surface area contributed by atoms with Gasteiger partial charge < -0.3 is 9.80 Å². The summed E-state index contributed by atoms with van der Waals surface area (Å²) in [5.41, 5.74) is 5.98. The molecule has 0 aromatic heterocycles. The first-order chi connectivity index (χ1) is 12.5. The van der Waals surface area contributed by atoms with Gasteiger partial charge in [0.05, 0.1) is 0 Å². The van der Waals surface area contributed by atoms with E-state index in [1.807, 2.05) is 12.1 Å². The minimum Gasteiger partial charge on any atom is -0.378 e. The quantitative estimate of drug-likeness (QED) is 0.539. The molecule has 0 amide bonds. The molecular weight excluding hydrogens is 340 g/mol. The van der Waals surface area contributed by atoms with Crippen LogP contribution in [0.1, 0.15) is 22.6 Å². The number of rotatable bonds is 5. The number of halogens is 1. The number of hydrogen-bond donors (Lipinski definition) is 0. The molecule has 3 aromatic carbocycles. The van der Waals surface area contributed by atoms with Crippen molar-refractivity contribution in [1.29, 1.82) is 0 Å². The SMILES string of the molecule is CN(C)c1ccc(C(c2ccc(N(C)C)cc2)c2ccccc2Cl)cc1. The van der Waals surface area contributed by atoms with Gasteiger partial charge in [-0.3, -0.25) is 0 Å². The van der Waals surface area contributed by atoms with Gasteiger partial charge in [0, 0.05) is 50.5 Å². The van der Waals surface area contributed by atoms with Gasteiger partial charge in [-0.05, 0) is 47.0 Å². The molecule has 0 aliphatic rings. The Morgan fingerprint density at radius 2 is 1.04 bits per heavy atom. The van der Waals surface area contributed by atoms with Crippen LogP contribution in [0.5, 0.6) is 0 Å². The zero-order chi connectivity index (χ0) is 18.7. The molecule has 0 spiro atoms. The molecule has 0 radical (unpaired) electrons. The number of hydrogen-bond acceptors (Lipinski definition) is 2. The Labute approximate surface area is 161 Å². The molecule has 3 rings (SSSR count). The van der Waals surface area contributed by atoms with Crippen LogP contribution in [0.15, 0.2) is 72.8 Å². The Bertz CT molecular complexity index is 801. The van der Waals surface area contributed by atoms with Gasteiger partial charge in [0.15, 0.2) is 0 Å². The molecule has 26 heavy (non-hydrogen) atoms. The van der Waals surface area contributed by atoms with Crippen molar-refractivity contribution in [2.75, 3.05) is 38.0 Å². The monoisotopic (exact) mass is 364 g/mol. The van der Waals surface area contributed by atoms with Gasteiger partial charge in [-0.2, -0.15) is 0 Å². The predicted octanol–water partition coefficient (Wildman–Crippen LogP) is 5.65. The Morgan fingerprint density at radius 3 is 1.42 bits per heavy atom. The van der Waals surface area contributed by atoms with E-state index in [4.69, 9.17) is 11.6 Å². The van der Waals surface area contributed by atoms with Crippen LogP contribution in [-0.4, -0.2) is 28.2 Å². The molecule has 0 aliphatic carbocycles. The fourth-order valence-electron chi connectivity index (χ4n) is 3.19. The summed E-state index contributed by atoms with van der Waals surface area (Å²) >= 11 is 6.57. The predicted molar refractivity (Wildman–Crippen MR) is 114 cm³/mol. The largest absolute Gasteiger partial charge is 0.378 e. The van der Waals surface area contributed by atoms with Gasteiger partial charge in [-0.15, -0.1) is 0 Å². The lowest BCUT2D eigenvalue weighted by Gasteiger charge is -2.22. The standard InChI is InChI=1S/C23H25ClN2/c1-25(2)19-13-9-17(10-14-19)23(21-7-5-6-8-22(21)24)18-11-15-20(16-12-18)26(3)4/h5-16,23H,1-4H3. The summed E-state index contributed by atoms with van der Waals surface area (Å²) in [6.45, 7) is 0. The first-order valence-electron chi connectivity index (χ1n) is 8.76. The lowest BCUT2D eigenvalue weighted by molar-refractivity contribution is 0.973. The molecule has 2 nitrogen and oxygen atoms in total. The zero-order valence-electron chi connectivity index (χ0n) is 15.8. The Hall–Kier alpha value is -2.45. The maximum absolute atomic E-state index is 6.57. The van der Waals surface area contributed by atoms with Crippen LogP contribution >= 0.6 is 11.6 Å². The third-order valence-electron chi connectivity index (χ3n) is 4.70. The van der Waals surface area contributed by atoms with E-state index >= 15 is 0 Å². The van der Waals surface area contributed by atoms with Crippen molar-refractivity contribution in [3.63, 3.8) is 0 Å². The van der Waals surface area contributed by atoms with Crippen LogP contribution in [0.2, 0.25) is 5.02 Å². The molecule has 0 N–H and O–H groups in total. The van der Waals surface area contributed by atoms with Crippen LogP contribution < -0.4 is 9.80 Å². The van der Waals surface area contributed by atoms with E-state index in [9.17, 15) is 0 Å². The summed E-state index contributed by atoms with van der Waals surface area (Å²) < 4.78 is 0. The van der Waals surface area contributed by atoms with Gasteiger partial charge in [-0.25, -0.2) is 0 Å². The first kappa shape index (κ1) is 18.3. The van der Waals surface area contributed by atoms with Crippen LogP contribution in [-0.2, 0) is 0 Å². The first-order valence-corrected chi connectivity index (χ1v) is 9.14. The summed E-state index contributed by atoms with van der Waals surface area (Å²) in [5, 5.41) is 0.797. The van der Waals surface area contributed by atoms with Crippen LogP contribution in [0.4, 0.5) is 11.4 Å². The third kappa shape index (κ3) is 3.86. The maximum atomic E-state index is 6.57. The van der Waals surface area contributed by atoms with E-state index in [0.29, 0.717) is 0 Å². The second-order valence-electron chi connectivity index (χ2n) is 6.93. The molecule has 0 atom stereocenters. The van der Waals surface area contributed by atoms with Crippen molar-refractivity contribution in [2.24, 2.45) is 0 Å². The Kier molecular flexibility index (Phi) is 5.53. The molecule has 3 aromatic rings. The van der Waals surface area contributed by atoms with E-state index in [2.05, 4.69) is 98.7 Å². The van der Waals surface area contributed by atoms with Crippen molar-refractivity contribution in [1.82, 2.24) is 0 Å². The average Bonchev–Trinajstić information content (AvgIpc) is 2.64. The van der Waals surface area contributed by atoms with Crippen molar-refractivity contribution in [3.8, 4) is 0 Å². The highest BCUT2D eigenvalue weighted by Crippen LogP contribution is 2.37. The fraction of sp³-hybridized carbons (Fsp3) is 0.217. The molecule has 0 heterocycles.